The highest BCUT2D eigenvalue weighted by molar-refractivity contribution is 6.30. The number of H-pyrrole nitrogens is 1. The van der Waals surface area contributed by atoms with E-state index in [9.17, 15) is 5.11 Å². The third kappa shape index (κ3) is 3.66. The standard InChI is InChI=1S/C21H22ClN3O2/c1-13-19(14(2)24-23-13)12-25-6-7-27-21-17(11-25)8-16(10-20(21)26)15-4-3-5-18(22)9-15/h3-5,8-10,26H,6-7,11-12H2,1-2H3,(H,23,24). The van der Waals surface area contributed by atoms with Gasteiger partial charge in [-0.1, -0.05) is 23.7 Å². The van der Waals surface area contributed by atoms with Crippen LogP contribution in [0.25, 0.3) is 11.1 Å². The summed E-state index contributed by atoms with van der Waals surface area (Å²) in [5, 5.41) is 18.5. The monoisotopic (exact) mass is 383 g/mol. The van der Waals surface area contributed by atoms with Crippen LogP contribution >= 0.6 is 11.6 Å². The van der Waals surface area contributed by atoms with Crippen molar-refractivity contribution in [2.24, 2.45) is 0 Å². The predicted molar refractivity (Wildman–Crippen MR) is 106 cm³/mol. The van der Waals surface area contributed by atoms with Crippen molar-refractivity contribution in [3.8, 4) is 22.6 Å². The number of aromatic nitrogens is 2. The van der Waals surface area contributed by atoms with E-state index < -0.39 is 0 Å². The Bertz CT molecular complexity index is 964. The first-order valence-electron chi connectivity index (χ1n) is 8.98. The fourth-order valence-electron chi connectivity index (χ4n) is 3.55. The zero-order chi connectivity index (χ0) is 19.0. The average molecular weight is 384 g/mol. The van der Waals surface area contributed by atoms with Crippen LogP contribution in [0.3, 0.4) is 0 Å². The summed E-state index contributed by atoms with van der Waals surface area (Å²) in [5.41, 5.74) is 6.20. The van der Waals surface area contributed by atoms with E-state index in [1.165, 1.54) is 5.56 Å². The lowest BCUT2D eigenvalue weighted by molar-refractivity contribution is 0.216. The van der Waals surface area contributed by atoms with Gasteiger partial charge in [-0.25, -0.2) is 0 Å². The molecule has 5 nitrogen and oxygen atoms in total. The van der Waals surface area contributed by atoms with E-state index >= 15 is 0 Å². The first-order chi connectivity index (χ1) is 13.0. The number of hydrogen-bond donors (Lipinski definition) is 2. The topological polar surface area (TPSA) is 61.4 Å². The molecule has 2 N–H and O–H groups in total. The highest BCUT2D eigenvalue weighted by atomic mass is 35.5. The van der Waals surface area contributed by atoms with Crippen LogP contribution in [0, 0.1) is 13.8 Å². The molecule has 0 atom stereocenters. The minimum Gasteiger partial charge on any atom is -0.504 e. The fourth-order valence-corrected chi connectivity index (χ4v) is 3.74. The molecule has 0 spiro atoms. The number of rotatable bonds is 3. The zero-order valence-corrected chi connectivity index (χ0v) is 16.2. The molecule has 0 aliphatic carbocycles. The van der Waals surface area contributed by atoms with Crippen LogP contribution in [0.2, 0.25) is 5.02 Å². The van der Waals surface area contributed by atoms with Gasteiger partial charge in [-0.2, -0.15) is 5.10 Å². The van der Waals surface area contributed by atoms with Crippen LogP contribution in [0.4, 0.5) is 0 Å². The molecule has 2 heterocycles. The molecular formula is C21H22ClN3O2. The SMILES string of the molecule is Cc1n[nH]c(C)c1CN1CCOc2c(O)cc(-c3cccc(Cl)c3)cc2C1. The molecule has 1 aliphatic rings. The summed E-state index contributed by atoms with van der Waals surface area (Å²) < 4.78 is 5.86. The second-order valence-electron chi connectivity index (χ2n) is 6.97. The molecule has 0 bridgehead atoms. The average Bonchev–Trinajstić information content (AvgIpc) is 2.83. The quantitative estimate of drug-likeness (QED) is 0.701. The second kappa shape index (κ2) is 7.25. The molecule has 140 valence electrons. The van der Waals surface area contributed by atoms with Gasteiger partial charge < -0.3 is 9.84 Å². The Morgan fingerprint density at radius 3 is 2.81 bits per heavy atom. The van der Waals surface area contributed by atoms with E-state index in [0.29, 0.717) is 23.9 Å². The smallest absolute Gasteiger partial charge is 0.165 e. The number of nitrogens with one attached hydrogen (secondary N) is 1. The van der Waals surface area contributed by atoms with Crippen molar-refractivity contribution in [2.75, 3.05) is 13.2 Å². The number of aryl methyl sites for hydroxylation is 2. The van der Waals surface area contributed by atoms with Crippen LogP contribution < -0.4 is 4.74 Å². The van der Waals surface area contributed by atoms with Crippen molar-refractivity contribution < 1.29 is 9.84 Å². The Labute approximate surface area is 163 Å². The molecule has 3 aromatic rings. The molecule has 27 heavy (non-hydrogen) atoms. The lowest BCUT2D eigenvalue weighted by Crippen LogP contribution is -2.25. The third-order valence-corrected chi connectivity index (χ3v) is 5.25. The number of phenols is 1. The van der Waals surface area contributed by atoms with E-state index in [2.05, 4.69) is 21.2 Å². The zero-order valence-electron chi connectivity index (χ0n) is 15.4. The number of aromatic hydroxyl groups is 1. The molecule has 2 aromatic carbocycles. The molecule has 6 heteroatoms. The molecule has 4 rings (SSSR count). The van der Waals surface area contributed by atoms with Crippen molar-refractivity contribution in [1.82, 2.24) is 15.1 Å². The number of halogens is 1. The van der Waals surface area contributed by atoms with Gasteiger partial charge in [0.05, 0.1) is 5.69 Å². The van der Waals surface area contributed by atoms with Gasteiger partial charge in [0, 0.05) is 41.5 Å². The number of nitrogens with zero attached hydrogens (tertiary/aromatic N) is 2. The van der Waals surface area contributed by atoms with Crippen molar-refractivity contribution >= 4 is 11.6 Å². The Kier molecular flexibility index (Phi) is 4.81. The van der Waals surface area contributed by atoms with Gasteiger partial charge in [-0.3, -0.25) is 10.00 Å². The van der Waals surface area contributed by atoms with Crippen molar-refractivity contribution in [2.45, 2.75) is 26.9 Å². The molecule has 1 aromatic heterocycles. The highest BCUT2D eigenvalue weighted by Gasteiger charge is 2.21. The summed E-state index contributed by atoms with van der Waals surface area (Å²) >= 11 is 6.13. The van der Waals surface area contributed by atoms with Gasteiger partial charge in [-0.05, 0) is 49.2 Å². The maximum Gasteiger partial charge on any atom is 0.165 e. The van der Waals surface area contributed by atoms with E-state index in [-0.39, 0.29) is 5.75 Å². The van der Waals surface area contributed by atoms with Gasteiger partial charge >= 0.3 is 0 Å². The van der Waals surface area contributed by atoms with Gasteiger partial charge in [0.15, 0.2) is 11.5 Å². The van der Waals surface area contributed by atoms with Crippen LogP contribution in [0.5, 0.6) is 11.5 Å². The number of hydrogen-bond acceptors (Lipinski definition) is 4. The molecule has 0 radical (unpaired) electrons. The number of benzene rings is 2. The normalized spacial score (nSPS) is 14.5. The van der Waals surface area contributed by atoms with Crippen LogP contribution in [-0.4, -0.2) is 33.4 Å². The highest BCUT2D eigenvalue weighted by Crippen LogP contribution is 2.38. The van der Waals surface area contributed by atoms with Crippen molar-refractivity contribution in [3.05, 3.63) is 63.9 Å². The number of phenolic OH excluding ortho intramolecular Hbond substituents is 1. The molecule has 0 amide bonds. The van der Waals surface area contributed by atoms with Crippen LogP contribution in [-0.2, 0) is 13.1 Å². The molecular weight excluding hydrogens is 362 g/mol. The van der Waals surface area contributed by atoms with Gasteiger partial charge in [0.2, 0.25) is 0 Å². The molecule has 0 unspecified atom stereocenters. The lowest BCUT2D eigenvalue weighted by atomic mass is 10.0. The summed E-state index contributed by atoms with van der Waals surface area (Å²) in [7, 11) is 0. The minimum atomic E-state index is 0.167. The Morgan fingerprint density at radius 1 is 1.22 bits per heavy atom. The molecule has 0 saturated carbocycles. The Hall–Kier alpha value is -2.50. The van der Waals surface area contributed by atoms with Gasteiger partial charge in [0.25, 0.3) is 0 Å². The fraction of sp³-hybridized carbons (Fsp3) is 0.286. The number of ether oxygens (including phenoxy) is 1. The van der Waals surface area contributed by atoms with Crippen LogP contribution in [0.15, 0.2) is 36.4 Å². The summed E-state index contributed by atoms with van der Waals surface area (Å²) in [6.07, 6.45) is 0. The van der Waals surface area contributed by atoms with E-state index in [4.69, 9.17) is 16.3 Å². The summed E-state index contributed by atoms with van der Waals surface area (Å²) in [6.45, 7) is 6.86. The van der Waals surface area contributed by atoms with Gasteiger partial charge in [0.1, 0.15) is 6.61 Å². The van der Waals surface area contributed by atoms with E-state index in [1.807, 2.05) is 38.1 Å². The molecule has 0 fully saturated rings. The van der Waals surface area contributed by atoms with Gasteiger partial charge in [-0.15, -0.1) is 0 Å². The molecule has 1 aliphatic heterocycles. The third-order valence-electron chi connectivity index (χ3n) is 5.01. The number of aromatic amines is 1. The maximum absolute atomic E-state index is 10.5. The second-order valence-corrected chi connectivity index (χ2v) is 7.40. The van der Waals surface area contributed by atoms with E-state index in [1.54, 1.807) is 6.07 Å². The number of fused-ring (bicyclic) bond motifs is 1. The van der Waals surface area contributed by atoms with Crippen molar-refractivity contribution in [3.63, 3.8) is 0 Å². The van der Waals surface area contributed by atoms with Crippen molar-refractivity contribution in [1.29, 1.82) is 0 Å². The predicted octanol–water partition coefficient (Wildman–Crippen LogP) is 4.45. The summed E-state index contributed by atoms with van der Waals surface area (Å²) in [6, 6.07) is 11.5. The molecule has 0 saturated heterocycles. The first kappa shape index (κ1) is 17.9. The first-order valence-corrected chi connectivity index (χ1v) is 9.36. The maximum atomic E-state index is 10.5. The van der Waals surface area contributed by atoms with Crippen LogP contribution in [0.1, 0.15) is 22.5 Å². The minimum absolute atomic E-state index is 0.167. The summed E-state index contributed by atoms with van der Waals surface area (Å²) in [4.78, 5) is 2.32. The van der Waals surface area contributed by atoms with E-state index in [0.717, 1.165) is 41.2 Å². The summed E-state index contributed by atoms with van der Waals surface area (Å²) in [5.74, 6) is 0.740. The lowest BCUT2D eigenvalue weighted by Gasteiger charge is -2.20. The largest absolute Gasteiger partial charge is 0.504 e. The Morgan fingerprint density at radius 2 is 2.07 bits per heavy atom. The Balaban J connectivity index is 1.67.